The summed E-state index contributed by atoms with van der Waals surface area (Å²) in [6, 6.07) is 8.40. The standard InChI is InChI=1S/C23H30N4OS/c1-2-3-9-17(14-18-16-24-20-11-6-5-10-19(18)20)15-21(28)22-25-26-23(29-22)27-12-7-4-8-13-27/h5-6,10-11,16-17,24H,2-4,7-9,12-15H2,1H3. The Bertz CT molecular complexity index is 941. The molecule has 3 heterocycles. The van der Waals surface area contributed by atoms with E-state index >= 15 is 0 Å². The molecule has 1 unspecified atom stereocenters. The van der Waals surface area contributed by atoms with Crippen LogP contribution in [0.1, 0.15) is 67.2 Å². The second-order valence-electron chi connectivity index (χ2n) is 8.14. The molecule has 1 aromatic carbocycles. The molecule has 0 radical (unpaired) electrons. The molecule has 4 rings (SSSR count). The fourth-order valence-electron chi connectivity index (χ4n) is 4.27. The number of fused-ring (bicyclic) bond motifs is 1. The van der Waals surface area contributed by atoms with E-state index in [1.807, 2.05) is 0 Å². The predicted molar refractivity (Wildman–Crippen MR) is 120 cm³/mol. The summed E-state index contributed by atoms with van der Waals surface area (Å²) in [5, 5.41) is 11.3. The zero-order chi connectivity index (χ0) is 20.1. The zero-order valence-electron chi connectivity index (χ0n) is 17.2. The minimum Gasteiger partial charge on any atom is -0.361 e. The summed E-state index contributed by atoms with van der Waals surface area (Å²) in [6.07, 6.45) is 10.6. The van der Waals surface area contributed by atoms with Gasteiger partial charge in [-0.3, -0.25) is 4.79 Å². The van der Waals surface area contributed by atoms with Gasteiger partial charge in [0.25, 0.3) is 0 Å². The van der Waals surface area contributed by atoms with Crippen LogP contribution in [0.2, 0.25) is 0 Å². The van der Waals surface area contributed by atoms with Gasteiger partial charge in [-0.15, -0.1) is 10.2 Å². The lowest BCUT2D eigenvalue weighted by Gasteiger charge is -2.25. The van der Waals surface area contributed by atoms with Crippen LogP contribution in [0, 0.1) is 5.92 Å². The minimum atomic E-state index is 0.145. The minimum absolute atomic E-state index is 0.145. The van der Waals surface area contributed by atoms with Crippen molar-refractivity contribution in [2.45, 2.75) is 58.3 Å². The summed E-state index contributed by atoms with van der Waals surface area (Å²) in [4.78, 5) is 18.6. The quantitative estimate of drug-likeness (QED) is 0.464. The highest BCUT2D eigenvalue weighted by molar-refractivity contribution is 7.17. The Labute approximate surface area is 176 Å². The maximum atomic E-state index is 13.0. The van der Waals surface area contributed by atoms with Crippen molar-refractivity contribution in [3.8, 4) is 0 Å². The molecule has 0 aliphatic carbocycles. The van der Waals surface area contributed by atoms with E-state index in [0.29, 0.717) is 17.3 Å². The molecule has 0 bridgehead atoms. The predicted octanol–water partition coefficient (Wildman–Crippen LogP) is 5.63. The maximum absolute atomic E-state index is 13.0. The summed E-state index contributed by atoms with van der Waals surface area (Å²) in [6.45, 7) is 4.27. The van der Waals surface area contributed by atoms with E-state index in [-0.39, 0.29) is 5.78 Å². The first-order valence-corrected chi connectivity index (χ1v) is 11.7. The topological polar surface area (TPSA) is 61.9 Å². The Morgan fingerprint density at radius 1 is 1.21 bits per heavy atom. The van der Waals surface area contributed by atoms with Crippen molar-refractivity contribution in [2.24, 2.45) is 5.92 Å². The summed E-state index contributed by atoms with van der Waals surface area (Å²) in [5.41, 5.74) is 2.47. The molecule has 154 valence electrons. The van der Waals surface area contributed by atoms with Gasteiger partial charge in [-0.2, -0.15) is 0 Å². The molecule has 1 fully saturated rings. The molecular weight excluding hydrogens is 380 g/mol. The van der Waals surface area contributed by atoms with Gasteiger partial charge < -0.3 is 9.88 Å². The summed E-state index contributed by atoms with van der Waals surface area (Å²) in [5.74, 6) is 0.482. The number of aromatic nitrogens is 3. The number of carbonyl (C=O) groups excluding carboxylic acids is 1. The van der Waals surface area contributed by atoms with E-state index in [1.54, 1.807) is 0 Å². The van der Waals surface area contributed by atoms with Crippen LogP contribution in [-0.4, -0.2) is 34.1 Å². The highest BCUT2D eigenvalue weighted by atomic mass is 32.1. The number of aromatic amines is 1. The van der Waals surface area contributed by atoms with Gasteiger partial charge in [-0.1, -0.05) is 49.3 Å². The molecule has 0 saturated carbocycles. The molecule has 5 nitrogen and oxygen atoms in total. The number of nitrogens with zero attached hydrogens (tertiary/aromatic N) is 3. The fraction of sp³-hybridized carbons (Fsp3) is 0.522. The first-order valence-electron chi connectivity index (χ1n) is 10.9. The molecule has 3 aromatic rings. The van der Waals surface area contributed by atoms with Gasteiger partial charge in [-0.25, -0.2) is 0 Å². The van der Waals surface area contributed by atoms with E-state index in [0.717, 1.165) is 43.9 Å². The van der Waals surface area contributed by atoms with Gasteiger partial charge in [0.05, 0.1) is 0 Å². The third kappa shape index (κ3) is 4.86. The van der Waals surface area contributed by atoms with Crippen LogP contribution in [-0.2, 0) is 6.42 Å². The van der Waals surface area contributed by atoms with Crippen molar-refractivity contribution < 1.29 is 4.79 Å². The van der Waals surface area contributed by atoms with Crippen molar-refractivity contribution in [1.29, 1.82) is 0 Å². The summed E-state index contributed by atoms with van der Waals surface area (Å²) in [7, 11) is 0. The SMILES string of the molecule is CCCCC(CC(=O)c1nnc(N2CCCCC2)s1)Cc1c[nH]c2ccccc12. The van der Waals surface area contributed by atoms with Crippen LogP contribution in [0.5, 0.6) is 0 Å². The van der Waals surface area contributed by atoms with Gasteiger partial charge in [0.1, 0.15) is 0 Å². The van der Waals surface area contributed by atoms with Crippen molar-refractivity contribution in [3.63, 3.8) is 0 Å². The highest BCUT2D eigenvalue weighted by Gasteiger charge is 2.22. The Hall–Kier alpha value is -2.21. The number of nitrogens with one attached hydrogen (secondary N) is 1. The third-order valence-corrected chi connectivity index (χ3v) is 6.93. The third-order valence-electron chi connectivity index (χ3n) is 5.90. The number of carbonyl (C=O) groups is 1. The lowest BCUT2D eigenvalue weighted by atomic mass is 9.89. The number of benzene rings is 1. The lowest BCUT2D eigenvalue weighted by molar-refractivity contribution is 0.0957. The van der Waals surface area contributed by atoms with Crippen LogP contribution < -0.4 is 4.90 Å². The molecule has 1 saturated heterocycles. The first kappa shape index (κ1) is 20.1. The van der Waals surface area contributed by atoms with Gasteiger partial charge in [0.2, 0.25) is 5.13 Å². The molecule has 1 aliphatic heterocycles. The van der Waals surface area contributed by atoms with E-state index in [9.17, 15) is 4.79 Å². The second-order valence-corrected chi connectivity index (χ2v) is 9.09. The van der Waals surface area contributed by atoms with Crippen molar-refractivity contribution >= 4 is 33.2 Å². The van der Waals surface area contributed by atoms with Crippen LogP contribution in [0.15, 0.2) is 30.5 Å². The molecule has 0 amide bonds. The van der Waals surface area contributed by atoms with E-state index < -0.39 is 0 Å². The fourth-order valence-corrected chi connectivity index (χ4v) is 5.12. The average molecular weight is 411 g/mol. The number of ketones is 1. The number of unbranched alkanes of at least 4 members (excludes halogenated alkanes) is 1. The van der Waals surface area contributed by atoms with Crippen LogP contribution in [0.4, 0.5) is 5.13 Å². The van der Waals surface area contributed by atoms with Gasteiger partial charge in [0, 0.05) is 36.6 Å². The number of rotatable bonds is 9. The molecule has 6 heteroatoms. The number of Topliss-reactive ketones (excluding diaryl/α,β-unsaturated/α-hetero) is 1. The molecule has 29 heavy (non-hydrogen) atoms. The Morgan fingerprint density at radius 3 is 2.86 bits per heavy atom. The van der Waals surface area contributed by atoms with E-state index in [4.69, 9.17) is 0 Å². The number of anilines is 1. The van der Waals surface area contributed by atoms with Gasteiger partial charge in [0.15, 0.2) is 10.8 Å². The largest absolute Gasteiger partial charge is 0.361 e. The maximum Gasteiger partial charge on any atom is 0.208 e. The van der Waals surface area contributed by atoms with Crippen LogP contribution >= 0.6 is 11.3 Å². The van der Waals surface area contributed by atoms with Crippen molar-refractivity contribution in [3.05, 3.63) is 41.0 Å². The van der Waals surface area contributed by atoms with Crippen molar-refractivity contribution in [2.75, 3.05) is 18.0 Å². The highest BCUT2D eigenvalue weighted by Crippen LogP contribution is 2.28. The van der Waals surface area contributed by atoms with E-state index in [2.05, 4.69) is 57.5 Å². The van der Waals surface area contributed by atoms with E-state index in [1.165, 1.54) is 47.1 Å². The van der Waals surface area contributed by atoms with Crippen molar-refractivity contribution in [1.82, 2.24) is 15.2 Å². The number of para-hydroxylation sites is 1. The first-order chi connectivity index (χ1) is 14.2. The van der Waals surface area contributed by atoms with Gasteiger partial charge in [-0.05, 0) is 49.7 Å². The Kier molecular flexibility index (Phi) is 6.60. The molecule has 0 spiro atoms. The summed E-state index contributed by atoms with van der Waals surface area (Å²) < 4.78 is 0. The number of H-pyrrole nitrogens is 1. The smallest absolute Gasteiger partial charge is 0.208 e. The monoisotopic (exact) mass is 410 g/mol. The molecule has 2 aromatic heterocycles. The zero-order valence-corrected chi connectivity index (χ0v) is 18.0. The second kappa shape index (κ2) is 9.53. The number of piperidine rings is 1. The molecular formula is C23H30N4OS. The Morgan fingerprint density at radius 2 is 2.03 bits per heavy atom. The van der Waals surface area contributed by atoms with Crippen LogP contribution in [0.3, 0.4) is 0 Å². The normalized spacial score (nSPS) is 15.7. The summed E-state index contributed by atoms with van der Waals surface area (Å²) >= 11 is 1.47. The number of hydrogen-bond donors (Lipinski definition) is 1. The molecule has 1 aliphatic rings. The van der Waals surface area contributed by atoms with Crippen LogP contribution in [0.25, 0.3) is 10.9 Å². The molecule has 1 atom stereocenters. The van der Waals surface area contributed by atoms with Gasteiger partial charge >= 0.3 is 0 Å². The lowest BCUT2D eigenvalue weighted by Crippen LogP contribution is -2.29. The number of hydrogen-bond acceptors (Lipinski definition) is 5. The molecule has 1 N–H and O–H groups in total. The Balaban J connectivity index is 1.44. The average Bonchev–Trinajstić information content (AvgIpc) is 3.41.